The highest BCUT2D eigenvalue weighted by Gasteiger charge is 2.27. The number of amides is 2. The molecule has 0 aromatic heterocycles. The van der Waals surface area contributed by atoms with Gasteiger partial charge in [0.25, 0.3) is 11.8 Å². The van der Waals surface area contributed by atoms with Gasteiger partial charge in [0.2, 0.25) is 0 Å². The van der Waals surface area contributed by atoms with E-state index in [0.29, 0.717) is 37.2 Å². The van der Waals surface area contributed by atoms with Crippen LogP contribution in [-0.4, -0.2) is 40.9 Å². The Bertz CT molecular complexity index is 903. The molecule has 0 atom stereocenters. The van der Waals surface area contributed by atoms with E-state index in [4.69, 9.17) is 5.11 Å². The van der Waals surface area contributed by atoms with Crippen molar-refractivity contribution in [2.75, 3.05) is 18.4 Å². The molecule has 0 saturated carbocycles. The molecule has 0 bridgehead atoms. The fraction of sp³-hybridized carbons (Fsp3) is 0.286. The number of likely N-dealkylation sites (tertiary alicyclic amines) is 1. The zero-order valence-electron chi connectivity index (χ0n) is 15.4. The van der Waals surface area contributed by atoms with Crippen LogP contribution >= 0.6 is 0 Å². The lowest BCUT2D eigenvalue weighted by Crippen LogP contribution is -2.40. The fourth-order valence-corrected chi connectivity index (χ4v) is 3.26. The van der Waals surface area contributed by atoms with Crippen molar-refractivity contribution in [3.05, 3.63) is 65.0 Å². The first kappa shape index (κ1) is 19.5. The molecule has 1 fully saturated rings. The van der Waals surface area contributed by atoms with Gasteiger partial charge in [-0.05, 0) is 61.7 Å². The number of carboxylic acid groups (broad SMARTS) is 1. The van der Waals surface area contributed by atoms with Crippen LogP contribution < -0.4 is 5.32 Å². The van der Waals surface area contributed by atoms with Gasteiger partial charge in [-0.3, -0.25) is 14.4 Å². The molecule has 1 aliphatic heterocycles. The van der Waals surface area contributed by atoms with E-state index in [9.17, 15) is 18.8 Å². The van der Waals surface area contributed by atoms with Crippen molar-refractivity contribution in [3.63, 3.8) is 0 Å². The van der Waals surface area contributed by atoms with Gasteiger partial charge in [-0.25, -0.2) is 4.39 Å². The number of piperidine rings is 1. The van der Waals surface area contributed by atoms with Crippen LogP contribution in [0.2, 0.25) is 0 Å². The van der Waals surface area contributed by atoms with Gasteiger partial charge in [-0.1, -0.05) is 6.07 Å². The molecule has 1 saturated heterocycles. The molecule has 146 valence electrons. The van der Waals surface area contributed by atoms with E-state index in [1.54, 1.807) is 42.2 Å². The van der Waals surface area contributed by atoms with Gasteiger partial charge in [0.15, 0.2) is 0 Å². The number of anilines is 1. The average Bonchev–Trinajstić information content (AvgIpc) is 2.70. The average molecular weight is 384 g/mol. The first-order chi connectivity index (χ1) is 13.4. The summed E-state index contributed by atoms with van der Waals surface area (Å²) < 4.78 is 13.6. The number of aliphatic carboxylic acids is 1. The lowest BCUT2D eigenvalue weighted by atomic mass is 9.96. The van der Waals surface area contributed by atoms with Crippen LogP contribution in [-0.2, 0) is 4.79 Å². The standard InChI is InChI=1S/C21H21FN2O4/c1-13-17(3-2-4-18(13)22)19(25)23-16-7-5-14(6-8-16)20(26)24-11-9-15(10-12-24)21(27)28/h2-8,15H,9-12H2,1H3,(H,23,25)(H,27,28). The molecule has 2 aromatic rings. The van der Waals surface area contributed by atoms with E-state index in [1.165, 1.54) is 12.1 Å². The molecule has 7 heteroatoms. The van der Waals surface area contributed by atoms with Crippen molar-refractivity contribution in [2.24, 2.45) is 5.92 Å². The minimum absolute atomic E-state index is 0.164. The number of rotatable bonds is 4. The highest BCUT2D eigenvalue weighted by atomic mass is 19.1. The van der Waals surface area contributed by atoms with Gasteiger partial charge >= 0.3 is 5.97 Å². The number of carbonyl (C=O) groups is 3. The van der Waals surface area contributed by atoms with Crippen molar-refractivity contribution in [1.82, 2.24) is 4.90 Å². The van der Waals surface area contributed by atoms with Crippen molar-refractivity contribution < 1.29 is 23.9 Å². The van der Waals surface area contributed by atoms with Crippen LogP contribution in [0.15, 0.2) is 42.5 Å². The monoisotopic (exact) mass is 384 g/mol. The molecule has 2 amide bonds. The zero-order chi connectivity index (χ0) is 20.3. The van der Waals surface area contributed by atoms with E-state index in [1.807, 2.05) is 0 Å². The number of carboxylic acids is 1. The van der Waals surface area contributed by atoms with Crippen LogP contribution in [0.5, 0.6) is 0 Å². The second kappa shape index (κ2) is 8.21. The molecule has 0 aliphatic carbocycles. The first-order valence-electron chi connectivity index (χ1n) is 9.05. The Morgan fingerprint density at radius 2 is 1.71 bits per heavy atom. The number of hydrogen-bond donors (Lipinski definition) is 2. The number of halogens is 1. The summed E-state index contributed by atoms with van der Waals surface area (Å²) in [5, 5.41) is 11.7. The summed E-state index contributed by atoms with van der Waals surface area (Å²) in [6.45, 7) is 2.36. The van der Waals surface area contributed by atoms with E-state index < -0.39 is 23.6 Å². The summed E-state index contributed by atoms with van der Waals surface area (Å²) in [5.41, 5.74) is 1.49. The Morgan fingerprint density at radius 1 is 1.07 bits per heavy atom. The molecule has 3 rings (SSSR count). The normalized spacial score (nSPS) is 14.6. The van der Waals surface area contributed by atoms with Crippen LogP contribution in [0.3, 0.4) is 0 Å². The lowest BCUT2D eigenvalue weighted by molar-refractivity contribution is -0.143. The van der Waals surface area contributed by atoms with E-state index in [0.717, 1.165) is 0 Å². The van der Waals surface area contributed by atoms with Crippen molar-refractivity contribution in [2.45, 2.75) is 19.8 Å². The molecular weight excluding hydrogens is 363 g/mol. The maximum atomic E-state index is 13.6. The second-order valence-electron chi connectivity index (χ2n) is 6.85. The summed E-state index contributed by atoms with van der Waals surface area (Å²) in [6, 6.07) is 10.8. The largest absolute Gasteiger partial charge is 0.481 e. The predicted molar refractivity (Wildman–Crippen MR) is 102 cm³/mol. The summed E-state index contributed by atoms with van der Waals surface area (Å²) in [4.78, 5) is 37.6. The molecule has 0 unspecified atom stereocenters. The van der Waals surface area contributed by atoms with Crippen molar-refractivity contribution >= 4 is 23.5 Å². The number of nitrogens with one attached hydrogen (secondary N) is 1. The van der Waals surface area contributed by atoms with Gasteiger partial charge in [0.05, 0.1) is 5.92 Å². The third-order valence-corrected chi connectivity index (χ3v) is 5.03. The molecular formula is C21H21FN2O4. The molecule has 2 N–H and O–H groups in total. The van der Waals surface area contributed by atoms with Gasteiger partial charge in [-0.2, -0.15) is 0 Å². The third kappa shape index (κ3) is 4.19. The number of hydrogen-bond acceptors (Lipinski definition) is 3. The quantitative estimate of drug-likeness (QED) is 0.847. The summed E-state index contributed by atoms with van der Waals surface area (Å²) >= 11 is 0. The van der Waals surface area contributed by atoms with Gasteiger partial charge in [-0.15, -0.1) is 0 Å². The minimum Gasteiger partial charge on any atom is -0.481 e. The van der Waals surface area contributed by atoms with Crippen LogP contribution in [0, 0.1) is 18.7 Å². The Morgan fingerprint density at radius 3 is 2.32 bits per heavy atom. The smallest absolute Gasteiger partial charge is 0.306 e. The van der Waals surface area contributed by atoms with Gasteiger partial charge < -0.3 is 15.3 Å². The van der Waals surface area contributed by atoms with E-state index in [-0.39, 0.29) is 17.0 Å². The molecule has 28 heavy (non-hydrogen) atoms. The zero-order valence-corrected chi connectivity index (χ0v) is 15.4. The summed E-state index contributed by atoms with van der Waals surface area (Å²) in [6.07, 6.45) is 0.893. The molecule has 2 aromatic carbocycles. The second-order valence-corrected chi connectivity index (χ2v) is 6.85. The summed E-state index contributed by atoms with van der Waals surface area (Å²) in [5.74, 6) is -2.25. The maximum Gasteiger partial charge on any atom is 0.306 e. The molecule has 0 radical (unpaired) electrons. The number of benzene rings is 2. The van der Waals surface area contributed by atoms with Crippen LogP contribution in [0.4, 0.5) is 10.1 Å². The lowest BCUT2D eigenvalue weighted by Gasteiger charge is -2.30. The third-order valence-electron chi connectivity index (χ3n) is 5.03. The molecule has 1 aliphatic rings. The van der Waals surface area contributed by atoms with Gasteiger partial charge in [0, 0.05) is 29.9 Å². The van der Waals surface area contributed by atoms with Crippen molar-refractivity contribution in [1.29, 1.82) is 0 Å². The predicted octanol–water partition coefficient (Wildman–Crippen LogP) is 3.32. The van der Waals surface area contributed by atoms with E-state index in [2.05, 4.69) is 5.32 Å². The van der Waals surface area contributed by atoms with Crippen LogP contribution in [0.25, 0.3) is 0 Å². The molecule has 0 spiro atoms. The fourth-order valence-electron chi connectivity index (χ4n) is 3.26. The highest BCUT2D eigenvalue weighted by molar-refractivity contribution is 6.05. The van der Waals surface area contributed by atoms with Gasteiger partial charge in [0.1, 0.15) is 5.82 Å². The first-order valence-corrected chi connectivity index (χ1v) is 9.05. The Balaban J connectivity index is 1.63. The maximum absolute atomic E-state index is 13.6. The Hall–Kier alpha value is -3.22. The Kier molecular flexibility index (Phi) is 5.73. The van der Waals surface area contributed by atoms with Crippen LogP contribution in [0.1, 0.15) is 39.1 Å². The summed E-state index contributed by atoms with van der Waals surface area (Å²) in [7, 11) is 0. The minimum atomic E-state index is -0.819. The number of carbonyl (C=O) groups excluding carboxylic acids is 2. The number of nitrogens with zero attached hydrogens (tertiary/aromatic N) is 1. The van der Waals surface area contributed by atoms with Crippen molar-refractivity contribution in [3.8, 4) is 0 Å². The molecule has 1 heterocycles. The Labute approximate surface area is 162 Å². The highest BCUT2D eigenvalue weighted by Crippen LogP contribution is 2.20. The molecule has 6 nitrogen and oxygen atoms in total. The topological polar surface area (TPSA) is 86.7 Å². The van der Waals surface area contributed by atoms with E-state index >= 15 is 0 Å². The SMILES string of the molecule is Cc1c(F)cccc1C(=O)Nc1ccc(C(=O)N2CCC(C(=O)O)CC2)cc1.